The number of carbonyl (C=O) groups excluding carboxylic acids is 2. The van der Waals surface area contributed by atoms with Gasteiger partial charge in [-0.3, -0.25) is 19.3 Å². The highest BCUT2D eigenvalue weighted by atomic mass is 16.4. The molecule has 0 aromatic carbocycles. The fourth-order valence-corrected chi connectivity index (χ4v) is 3.05. The van der Waals surface area contributed by atoms with Gasteiger partial charge in [-0.25, -0.2) is 0 Å². The number of carbonyl (C=O) groups is 3. The molecule has 1 heterocycles. The van der Waals surface area contributed by atoms with Crippen LogP contribution in [0.5, 0.6) is 0 Å². The second kappa shape index (κ2) is 2.71. The summed E-state index contributed by atoms with van der Waals surface area (Å²) in [6.45, 7) is 3.90. The molecule has 5 nitrogen and oxygen atoms in total. The first-order valence-corrected chi connectivity index (χ1v) is 5.90. The average molecular weight is 237 g/mol. The van der Waals surface area contributed by atoms with Gasteiger partial charge >= 0.3 is 5.97 Å². The summed E-state index contributed by atoms with van der Waals surface area (Å²) in [5.41, 5.74) is -1.06. The zero-order valence-electron chi connectivity index (χ0n) is 9.90. The normalized spacial score (nSPS) is 35.8. The minimum absolute atomic E-state index is 0.0725. The van der Waals surface area contributed by atoms with Gasteiger partial charge in [0.05, 0.1) is 17.3 Å². The molecule has 2 aliphatic carbocycles. The summed E-state index contributed by atoms with van der Waals surface area (Å²) in [5, 5.41) is 9.07. The van der Waals surface area contributed by atoms with Crippen LogP contribution >= 0.6 is 0 Å². The highest BCUT2D eigenvalue weighted by Crippen LogP contribution is 2.64. The van der Waals surface area contributed by atoms with Crippen molar-refractivity contribution in [2.45, 2.75) is 26.7 Å². The van der Waals surface area contributed by atoms with E-state index in [9.17, 15) is 14.4 Å². The van der Waals surface area contributed by atoms with Crippen LogP contribution in [0.4, 0.5) is 0 Å². The SMILES string of the molecule is CC1(C)C2C(=O)N(CC3(C(=O)O)CC3)C(=O)C21. The molecule has 2 amide bonds. The molecule has 3 rings (SSSR count). The van der Waals surface area contributed by atoms with Crippen LogP contribution in [0.3, 0.4) is 0 Å². The van der Waals surface area contributed by atoms with Crippen molar-refractivity contribution in [1.29, 1.82) is 0 Å². The monoisotopic (exact) mass is 237 g/mol. The fourth-order valence-electron chi connectivity index (χ4n) is 3.05. The van der Waals surface area contributed by atoms with Crippen molar-refractivity contribution in [3.05, 3.63) is 0 Å². The van der Waals surface area contributed by atoms with Crippen LogP contribution in [0, 0.1) is 22.7 Å². The number of nitrogens with zero attached hydrogens (tertiary/aromatic N) is 1. The minimum atomic E-state index is -0.891. The highest BCUT2D eigenvalue weighted by molar-refractivity contribution is 6.10. The third-order valence-electron chi connectivity index (χ3n) is 4.66. The summed E-state index contributed by atoms with van der Waals surface area (Å²) in [6.07, 6.45) is 1.14. The first-order valence-electron chi connectivity index (χ1n) is 5.90. The Balaban J connectivity index is 1.78. The summed E-state index contributed by atoms with van der Waals surface area (Å²) in [6, 6.07) is 0. The van der Waals surface area contributed by atoms with E-state index in [-0.39, 0.29) is 35.6 Å². The van der Waals surface area contributed by atoms with Crippen LogP contribution in [-0.4, -0.2) is 34.3 Å². The average Bonchev–Trinajstić information content (AvgIpc) is 3.06. The number of fused-ring (bicyclic) bond motifs is 1. The van der Waals surface area contributed by atoms with Crippen LogP contribution < -0.4 is 0 Å². The standard InChI is InChI=1S/C12H15NO4/c1-11(2)6-7(11)9(15)13(8(6)14)5-12(3-4-12)10(16)17/h6-7H,3-5H2,1-2H3,(H,16,17). The minimum Gasteiger partial charge on any atom is -0.481 e. The lowest BCUT2D eigenvalue weighted by atomic mass is 10.0. The maximum absolute atomic E-state index is 12.0. The summed E-state index contributed by atoms with van der Waals surface area (Å²) < 4.78 is 0. The fraction of sp³-hybridized carbons (Fsp3) is 0.750. The molecule has 3 fully saturated rings. The Morgan fingerprint density at radius 3 is 2.12 bits per heavy atom. The summed E-state index contributed by atoms with van der Waals surface area (Å²) in [4.78, 5) is 36.3. The second-order valence-electron chi connectivity index (χ2n) is 6.12. The number of likely N-dealkylation sites (tertiary alicyclic amines) is 1. The molecule has 1 N–H and O–H groups in total. The number of hydrogen-bond acceptors (Lipinski definition) is 3. The van der Waals surface area contributed by atoms with Gasteiger partial charge in [0.25, 0.3) is 0 Å². The number of rotatable bonds is 3. The third kappa shape index (κ3) is 1.17. The lowest BCUT2D eigenvalue weighted by Gasteiger charge is -2.23. The van der Waals surface area contributed by atoms with Crippen LogP contribution in [0.15, 0.2) is 0 Å². The quantitative estimate of drug-likeness (QED) is 0.725. The van der Waals surface area contributed by atoms with Gasteiger partial charge in [0.1, 0.15) is 0 Å². The first kappa shape index (κ1) is 10.7. The predicted octanol–water partition coefficient (Wildman–Crippen LogP) is 0.492. The van der Waals surface area contributed by atoms with Crippen LogP contribution in [0.1, 0.15) is 26.7 Å². The maximum Gasteiger partial charge on any atom is 0.311 e. The van der Waals surface area contributed by atoms with E-state index in [1.165, 1.54) is 4.90 Å². The zero-order chi connectivity index (χ0) is 12.6. The molecule has 92 valence electrons. The number of amides is 2. The highest BCUT2D eigenvalue weighted by Gasteiger charge is 2.73. The molecule has 0 aromatic heterocycles. The molecule has 3 aliphatic rings. The number of aliphatic carboxylic acids is 1. The number of carboxylic acids is 1. The van der Waals surface area contributed by atoms with Gasteiger partial charge in [0.15, 0.2) is 0 Å². The van der Waals surface area contributed by atoms with Crippen molar-refractivity contribution >= 4 is 17.8 Å². The van der Waals surface area contributed by atoms with Gasteiger partial charge in [-0.05, 0) is 18.3 Å². The second-order valence-corrected chi connectivity index (χ2v) is 6.12. The summed E-state index contributed by atoms with van der Waals surface area (Å²) >= 11 is 0. The molecule has 0 radical (unpaired) electrons. The maximum atomic E-state index is 12.0. The lowest BCUT2D eigenvalue weighted by molar-refractivity contribution is -0.149. The van der Waals surface area contributed by atoms with Gasteiger partial charge in [0, 0.05) is 6.54 Å². The predicted molar refractivity (Wildman–Crippen MR) is 56.8 cm³/mol. The summed E-state index contributed by atoms with van der Waals surface area (Å²) in [7, 11) is 0. The van der Waals surface area contributed by atoms with E-state index in [4.69, 9.17) is 5.11 Å². The van der Waals surface area contributed by atoms with Crippen LogP contribution in [0.2, 0.25) is 0 Å². The van der Waals surface area contributed by atoms with Crippen molar-refractivity contribution < 1.29 is 19.5 Å². The van der Waals surface area contributed by atoms with E-state index in [1.807, 2.05) is 13.8 Å². The number of imide groups is 1. The number of hydrogen-bond donors (Lipinski definition) is 1. The van der Waals surface area contributed by atoms with E-state index in [1.54, 1.807) is 0 Å². The Hall–Kier alpha value is -1.39. The Morgan fingerprint density at radius 1 is 1.29 bits per heavy atom. The van der Waals surface area contributed by atoms with E-state index in [0.29, 0.717) is 12.8 Å². The van der Waals surface area contributed by atoms with E-state index in [2.05, 4.69) is 0 Å². The molecule has 2 saturated carbocycles. The molecule has 17 heavy (non-hydrogen) atoms. The topological polar surface area (TPSA) is 74.7 Å². The zero-order valence-corrected chi connectivity index (χ0v) is 9.90. The van der Waals surface area contributed by atoms with Gasteiger partial charge in [-0.15, -0.1) is 0 Å². The molecule has 5 heteroatoms. The van der Waals surface area contributed by atoms with Gasteiger partial charge in [0.2, 0.25) is 11.8 Å². The molecule has 1 aliphatic heterocycles. The molecule has 1 saturated heterocycles. The molecular weight excluding hydrogens is 222 g/mol. The lowest BCUT2D eigenvalue weighted by Crippen LogP contribution is -2.42. The molecule has 0 bridgehead atoms. The van der Waals surface area contributed by atoms with Gasteiger partial charge in [-0.2, -0.15) is 0 Å². The van der Waals surface area contributed by atoms with Crippen LogP contribution in [-0.2, 0) is 14.4 Å². The molecular formula is C12H15NO4. The Labute approximate surface area is 98.8 Å². The van der Waals surface area contributed by atoms with Crippen LogP contribution in [0.25, 0.3) is 0 Å². The first-order chi connectivity index (χ1) is 7.81. The largest absolute Gasteiger partial charge is 0.481 e. The molecule has 2 unspecified atom stereocenters. The van der Waals surface area contributed by atoms with E-state index >= 15 is 0 Å². The summed E-state index contributed by atoms with van der Waals surface area (Å²) in [5.74, 6) is -1.65. The number of carboxylic acid groups (broad SMARTS) is 1. The Kier molecular flexibility index (Phi) is 1.71. The van der Waals surface area contributed by atoms with Crippen molar-refractivity contribution in [2.75, 3.05) is 6.54 Å². The van der Waals surface area contributed by atoms with Crippen molar-refractivity contribution in [1.82, 2.24) is 4.90 Å². The van der Waals surface area contributed by atoms with Crippen molar-refractivity contribution in [2.24, 2.45) is 22.7 Å². The third-order valence-corrected chi connectivity index (χ3v) is 4.66. The smallest absolute Gasteiger partial charge is 0.311 e. The van der Waals surface area contributed by atoms with E-state index in [0.717, 1.165) is 0 Å². The van der Waals surface area contributed by atoms with Gasteiger partial charge in [-0.1, -0.05) is 13.8 Å². The molecule has 0 aromatic rings. The van der Waals surface area contributed by atoms with Crippen molar-refractivity contribution in [3.63, 3.8) is 0 Å². The molecule has 0 spiro atoms. The van der Waals surface area contributed by atoms with E-state index < -0.39 is 11.4 Å². The Morgan fingerprint density at radius 2 is 1.76 bits per heavy atom. The Bertz CT molecular complexity index is 425. The van der Waals surface area contributed by atoms with Crippen molar-refractivity contribution in [3.8, 4) is 0 Å². The van der Waals surface area contributed by atoms with Gasteiger partial charge < -0.3 is 5.11 Å². The molecule has 2 atom stereocenters. The number of piperidine rings is 1.